The Labute approximate surface area is 198 Å². The van der Waals surface area contributed by atoms with Crippen molar-refractivity contribution in [1.29, 1.82) is 0 Å². The molecule has 0 radical (unpaired) electrons. The molecule has 0 fully saturated rings. The molecule has 3 nitrogen and oxygen atoms in total. The van der Waals surface area contributed by atoms with E-state index in [0.717, 1.165) is 38.2 Å². The van der Waals surface area contributed by atoms with Crippen molar-refractivity contribution in [2.45, 2.75) is 44.4 Å². The maximum atomic E-state index is 4.65. The SMILES string of the molecule is c1ccc(CCCCNCCc2cnc(CCC(c3ccccc3)c3ccccc3)[nH]2)cc1. The van der Waals surface area contributed by atoms with Crippen molar-refractivity contribution in [3.05, 3.63) is 125 Å². The van der Waals surface area contributed by atoms with Gasteiger partial charge in [0.1, 0.15) is 5.82 Å². The number of aryl methyl sites for hydroxylation is 2. The lowest BCUT2D eigenvalue weighted by atomic mass is 9.87. The number of nitrogens with zero attached hydrogens (tertiary/aromatic N) is 1. The minimum Gasteiger partial charge on any atom is -0.346 e. The van der Waals surface area contributed by atoms with Gasteiger partial charge in [0.25, 0.3) is 0 Å². The maximum absolute atomic E-state index is 4.65. The summed E-state index contributed by atoms with van der Waals surface area (Å²) >= 11 is 0. The van der Waals surface area contributed by atoms with E-state index in [1.54, 1.807) is 0 Å². The summed E-state index contributed by atoms with van der Waals surface area (Å²) in [6.07, 6.45) is 8.60. The Kier molecular flexibility index (Phi) is 8.90. The molecule has 0 amide bonds. The summed E-state index contributed by atoms with van der Waals surface area (Å²) in [5.41, 5.74) is 5.39. The predicted octanol–water partition coefficient (Wildman–Crippen LogP) is 6.33. The van der Waals surface area contributed by atoms with E-state index >= 15 is 0 Å². The Morgan fingerprint density at radius 3 is 1.97 bits per heavy atom. The van der Waals surface area contributed by atoms with Crippen LogP contribution in [0.25, 0.3) is 0 Å². The largest absolute Gasteiger partial charge is 0.346 e. The van der Waals surface area contributed by atoms with Gasteiger partial charge >= 0.3 is 0 Å². The number of imidazole rings is 1. The summed E-state index contributed by atoms with van der Waals surface area (Å²) in [6.45, 7) is 2.06. The highest BCUT2D eigenvalue weighted by atomic mass is 14.9. The summed E-state index contributed by atoms with van der Waals surface area (Å²) in [7, 11) is 0. The topological polar surface area (TPSA) is 40.7 Å². The fourth-order valence-electron chi connectivity index (χ4n) is 4.41. The van der Waals surface area contributed by atoms with Crippen LogP contribution in [0.2, 0.25) is 0 Å². The van der Waals surface area contributed by atoms with Gasteiger partial charge in [0.15, 0.2) is 0 Å². The van der Waals surface area contributed by atoms with Crippen molar-refractivity contribution >= 4 is 0 Å². The Morgan fingerprint density at radius 1 is 0.667 bits per heavy atom. The van der Waals surface area contributed by atoms with Gasteiger partial charge < -0.3 is 10.3 Å². The molecular weight excluding hydrogens is 402 g/mol. The monoisotopic (exact) mass is 437 g/mol. The molecule has 0 aliphatic rings. The van der Waals surface area contributed by atoms with Crippen molar-refractivity contribution in [1.82, 2.24) is 15.3 Å². The van der Waals surface area contributed by atoms with Gasteiger partial charge in [-0.05, 0) is 48.9 Å². The van der Waals surface area contributed by atoms with Crippen LogP contribution in [0.1, 0.15) is 53.4 Å². The fourth-order valence-corrected chi connectivity index (χ4v) is 4.41. The van der Waals surface area contributed by atoms with Crippen molar-refractivity contribution in [3.8, 4) is 0 Å². The minimum atomic E-state index is 0.388. The Hall–Kier alpha value is -3.17. The second-order valence-electron chi connectivity index (χ2n) is 8.71. The first-order valence-corrected chi connectivity index (χ1v) is 12.3. The van der Waals surface area contributed by atoms with Crippen LogP contribution < -0.4 is 5.32 Å². The highest BCUT2D eigenvalue weighted by Gasteiger charge is 2.14. The zero-order valence-electron chi connectivity index (χ0n) is 19.4. The number of H-pyrrole nitrogens is 1. The maximum Gasteiger partial charge on any atom is 0.106 e. The lowest BCUT2D eigenvalue weighted by Crippen LogP contribution is -2.18. The molecular formula is C30H35N3. The Bertz CT molecular complexity index is 1000. The first kappa shape index (κ1) is 23.0. The molecule has 0 unspecified atom stereocenters. The van der Waals surface area contributed by atoms with Crippen molar-refractivity contribution in [3.63, 3.8) is 0 Å². The highest BCUT2D eigenvalue weighted by molar-refractivity contribution is 5.32. The molecule has 0 saturated carbocycles. The van der Waals surface area contributed by atoms with Gasteiger partial charge in [0.05, 0.1) is 0 Å². The van der Waals surface area contributed by atoms with Crippen LogP contribution in [0.15, 0.2) is 97.2 Å². The number of aromatic amines is 1. The molecule has 33 heavy (non-hydrogen) atoms. The number of rotatable bonds is 13. The Balaban J connectivity index is 1.19. The van der Waals surface area contributed by atoms with E-state index in [2.05, 4.69) is 106 Å². The smallest absolute Gasteiger partial charge is 0.106 e. The standard InChI is InChI=1S/C30H35N3/c1-4-12-25(13-5-1)14-10-11-22-31-23-21-28-24-32-30(33-28)20-19-29(26-15-6-2-7-16-26)27-17-8-3-9-18-27/h1-9,12-13,15-18,24,29,31H,10-11,14,19-23H2,(H,32,33). The normalized spacial score (nSPS) is 11.2. The van der Waals surface area contributed by atoms with Crippen molar-refractivity contribution in [2.75, 3.05) is 13.1 Å². The number of unbranched alkanes of at least 4 members (excludes halogenated alkanes) is 1. The molecule has 0 spiro atoms. The quantitative estimate of drug-likeness (QED) is 0.240. The van der Waals surface area contributed by atoms with Gasteiger partial charge in [-0.15, -0.1) is 0 Å². The van der Waals surface area contributed by atoms with Gasteiger partial charge in [-0.3, -0.25) is 0 Å². The number of benzene rings is 3. The van der Waals surface area contributed by atoms with E-state index in [1.807, 2.05) is 6.20 Å². The van der Waals surface area contributed by atoms with E-state index in [1.165, 1.54) is 41.6 Å². The van der Waals surface area contributed by atoms with Crippen LogP contribution in [-0.2, 0) is 19.3 Å². The molecule has 0 bridgehead atoms. The van der Waals surface area contributed by atoms with Gasteiger partial charge in [-0.1, -0.05) is 91.0 Å². The number of hydrogen-bond acceptors (Lipinski definition) is 2. The second-order valence-corrected chi connectivity index (χ2v) is 8.71. The average molecular weight is 438 g/mol. The third-order valence-electron chi connectivity index (χ3n) is 6.24. The molecule has 1 aromatic heterocycles. The van der Waals surface area contributed by atoms with Crippen LogP contribution in [-0.4, -0.2) is 23.1 Å². The molecule has 0 aliphatic carbocycles. The van der Waals surface area contributed by atoms with Crippen LogP contribution in [0.4, 0.5) is 0 Å². The van der Waals surface area contributed by atoms with Crippen molar-refractivity contribution < 1.29 is 0 Å². The number of aromatic nitrogens is 2. The zero-order chi connectivity index (χ0) is 22.6. The fraction of sp³-hybridized carbons (Fsp3) is 0.300. The lowest BCUT2D eigenvalue weighted by molar-refractivity contribution is 0.619. The highest BCUT2D eigenvalue weighted by Crippen LogP contribution is 2.28. The van der Waals surface area contributed by atoms with Crippen LogP contribution in [0.3, 0.4) is 0 Å². The molecule has 1 heterocycles. The number of hydrogen-bond donors (Lipinski definition) is 2. The average Bonchev–Trinajstić information content (AvgIpc) is 3.33. The molecule has 4 aromatic rings. The predicted molar refractivity (Wildman–Crippen MR) is 138 cm³/mol. The molecule has 0 atom stereocenters. The van der Waals surface area contributed by atoms with Crippen LogP contribution in [0, 0.1) is 0 Å². The van der Waals surface area contributed by atoms with Gasteiger partial charge in [-0.2, -0.15) is 0 Å². The molecule has 0 saturated heterocycles. The lowest BCUT2D eigenvalue weighted by Gasteiger charge is -2.17. The summed E-state index contributed by atoms with van der Waals surface area (Å²) in [5.74, 6) is 1.48. The van der Waals surface area contributed by atoms with E-state index in [0.29, 0.717) is 5.92 Å². The van der Waals surface area contributed by atoms with E-state index in [4.69, 9.17) is 0 Å². The molecule has 0 aliphatic heterocycles. The molecule has 170 valence electrons. The molecule has 3 heteroatoms. The van der Waals surface area contributed by atoms with E-state index in [9.17, 15) is 0 Å². The van der Waals surface area contributed by atoms with Gasteiger partial charge in [0, 0.05) is 37.2 Å². The van der Waals surface area contributed by atoms with E-state index < -0.39 is 0 Å². The summed E-state index contributed by atoms with van der Waals surface area (Å²) in [5, 5.41) is 3.57. The van der Waals surface area contributed by atoms with Crippen LogP contribution in [0.5, 0.6) is 0 Å². The van der Waals surface area contributed by atoms with Crippen LogP contribution >= 0.6 is 0 Å². The molecule has 3 aromatic carbocycles. The first-order valence-electron chi connectivity index (χ1n) is 12.3. The third kappa shape index (κ3) is 7.44. The number of nitrogens with one attached hydrogen (secondary N) is 2. The zero-order valence-corrected chi connectivity index (χ0v) is 19.4. The first-order chi connectivity index (χ1) is 16.4. The minimum absolute atomic E-state index is 0.388. The van der Waals surface area contributed by atoms with Gasteiger partial charge in [0.2, 0.25) is 0 Å². The second kappa shape index (κ2) is 12.8. The summed E-state index contributed by atoms with van der Waals surface area (Å²) in [4.78, 5) is 8.20. The van der Waals surface area contributed by atoms with Gasteiger partial charge in [-0.25, -0.2) is 4.98 Å². The summed E-state index contributed by atoms with van der Waals surface area (Å²) < 4.78 is 0. The third-order valence-corrected chi connectivity index (χ3v) is 6.24. The van der Waals surface area contributed by atoms with Crippen molar-refractivity contribution in [2.24, 2.45) is 0 Å². The molecule has 2 N–H and O–H groups in total. The van der Waals surface area contributed by atoms with E-state index in [-0.39, 0.29) is 0 Å². The Morgan fingerprint density at radius 2 is 1.30 bits per heavy atom. The molecule has 4 rings (SSSR count). The summed E-state index contributed by atoms with van der Waals surface area (Å²) in [6, 6.07) is 32.4.